The molecule has 0 radical (unpaired) electrons. The van der Waals surface area contributed by atoms with Crippen LogP contribution in [-0.2, 0) is 11.3 Å². The maximum absolute atomic E-state index is 11.6. The Morgan fingerprint density at radius 2 is 2.05 bits per heavy atom. The largest absolute Gasteiger partial charge is 0.366 e. The predicted molar refractivity (Wildman–Crippen MR) is 79.6 cm³/mol. The Kier molecular flexibility index (Phi) is 6.48. The van der Waals surface area contributed by atoms with Crippen molar-refractivity contribution in [3.63, 3.8) is 0 Å². The summed E-state index contributed by atoms with van der Waals surface area (Å²) in [6, 6.07) is 6.96. The number of amides is 2. The Bertz CT molecular complexity index is 475. The Morgan fingerprint density at radius 3 is 2.70 bits per heavy atom. The van der Waals surface area contributed by atoms with E-state index in [0.717, 1.165) is 18.0 Å². The molecule has 1 aliphatic rings. The van der Waals surface area contributed by atoms with Crippen molar-refractivity contribution in [3.05, 3.63) is 35.4 Å². The van der Waals surface area contributed by atoms with E-state index in [1.165, 1.54) is 12.8 Å². The molecular formula is C14H20ClN3O2. The molecule has 1 aromatic carbocycles. The molecule has 0 spiro atoms. The Hall–Kier alpha value is -1.59. The number of halogens is 1. The van der Waals surface area contributed by atoms with Gasteiger partial charge in [0.1, 0.15) is 0 Å². The SMILES string of the molecule is Cl.NC(=O)c1cccc(CNC(=O)CNCC2CC2)c1. The second-order valence-corrected chi connectivity index (χ2v) is 4.92. The minimum Gasteiger partial charge on any atom is -0.366 e. The quantitative estimate of drug-likeness (QED) is 0.697. The van der Waals surface area contributed by atoms with Crippen LogP contribution in [0.15, 0.2) is 24.3 Å². The summed E-state index contributed by atoms with van der Waals surface area (Å²) in [6.45, 7) is 1.67. The lowest BCUT2D eigenvalue weighted by molar-refractivity contribution is -0.120. The van der Waals surface area contributed by atoms with Crippen LogP contribution in [0.25, 0.3) is 0 Å². The fraction of sp³-hybridized carbons (Fsp3) is 0.429. The van der Waals surface area contributed by atoms with Gasteiger partial charge in [-0.3, -0.25) is 9.59 Å². The summed E-state index contributed by atoms with van der Waals surface area (Å²) < 4.78 is 0. The number of primary amides is 1. The van der Waals surface area contributed by atoms with Crippen LogP contribution in [-0.4, -0.2) is 24.9 Å². The number of hydrogen-bond acceptors (Lipinski definition) is 3. The lowest BCUT2D eigenvalue weighted by atomic mass is 10.1. The molecule has 0 aromatic heterocycles. The average molecular weight is 298 g/mol. The van der Waals surface area contributed by atoms with Gasteiger partial charge in [-0.15, -0.1) is 12.4 Å². The molecule has 6 heteroatoms. The van der Waals surface area contributed by atoms with Gasteiger partial charge in [-0.05, 0) is 43.0 Å². The summed E-state index contributed by atoms with van der Waals surface area (Å²) in [5, 5.41) is 5.93. The van der Waals surface area contributed by atoms with E-state index in [2.05, 4.69) is 10.6 Å². The van der Waals surface area contributed by atoms with Crippen molar-refractivity contribution in [1.29, 1.82) is 0 Å². The van der Waals surface area contributed by atoms with Crippen LogP contribution >= 0.6 is 12.4 Å². The fourth-order valence-corrected chi connectivity index (χ4v) is 1.81. The fourth-order valence-electron chi connectivity index (χ4n) is 1.81. The van der Waals surface area contributed by atoms with E-state index in [0.29, 0.717) is 18.7 Å². The van der Waals surface area contributed by atoms with Crippen molar-refractivity contribution < 1.29 is 9.59 Å². The number of carbonyl (C=O) groups excluding carboxylic acids is 2. The van der Waals surface area contributed by atoms with Crippen LogP contribution in [0.3, 0.4) is 0 Å². The molecule has 110 valence electrons. The Balaban J connectivity index is 0.00000200. The van der Waals surface area contributed by atoms with Gasteiger partial charge < -0.3 is 16.4 Å². The summed E-state index contributed by atoms with van der Waals surface area (Å²) in [5.74, 6) is 0.268. The summed E-state index contributed by atoms with van der Waals surface area (Å²) in [4.78, 5) is 22.6. The average Bonchev–Trinajstić information content (AvgIpc) is 3.21. The summed E-state index contributed by atoms with van der Waals surface area (Å²) in [6.07, 6.45) is 2.54. The molecule has 4 N–H and O–H groups in total. The highest BCUT2D eigenvalue weighted by atomic mass is 35.5. The van der Waals surface area contributed by atoms with Gasteiger partial charge in [0, 0.05) is 12.1 Å². The number of hydrogen-bond donors (Lipinski definition) is 3. The zero-order chi connectivity index (χ0) is 13.7. The van der Waals surface area contributed by atoms with Gasteiger partial charge in [0.05, 0.1) is 6.54 Å². The molecule has 0 atom stereocenters. The highest BCUT2D eigenvalue weighted by Gasteiger charge is 2.20. The molecule has 0 bridgehead atoms. The second-order valence-electron chi connectivity index (χ2n) is 4.92. The molecule has 0 aliphatic heterocycles. The molecular weight excluding hydrogens is 278 g/mol. The molecule has 0 heterocycles. The van der Waals surface area contributed by atoms with Gasteiger partial charge >= 0.3 is 0 Å². The van der Waals surface area contributed by atoms with E-state index in [1.54, 1.807) is 18.2 Å². The van der Waals surface area contributed by atoms with Gasteiger partial charge in [0.15, 0.2) is 0 Å². The number of carbonyl (C=O) groups is 2. The third-order valence-electron chi connectivity index (χ3n) is 3.12. The van der Waals surface area contributed by atoms with Gasteiger partial charge in [-0.2, -0.15) is 0 Å². The second kappa shape index (κ2) is 7.87. The van der Waals surface area contributed by atoms with Crippen LogP contribution in [0, 0.1) is 5.92 Å². The molecule has 20 heavy (non-hydrogen) atoms. The lowest BCUT2D eigenvalue weighted by Crippen LogP contribution is -2.34. The first-order valence-electron chi connectivity index (χ1n) is 6.51. The summed E-state index contributed by atoms with van der Waals surface area (Å²) in [5.41, 5.74) is 6.53. The van der Waals surface area contributed by atoms with E-state index in [1.807, 2.05) is 6.07 Å². The van der Waals surface area contributed by atoms with Crippen molar-refractivity contribution in [3.8, 4) is 0 Å². The maximum Gasteiger partial charge on any atom is 0.248 e. The molecule has 0 unspecified atom stereocenters. The van der Waals surface area contributed by atoms with E-state index < -0.39 is 5.91 Å². The number of rotatable bonds is 7. The first-order chi connectivity index (χ1) is 9.15. The van der Waals surface area contributed by atoms with E-state index in [9.17, 15) is 9.59 Å². The van der Waals surface area contributed by atoms with Gasteiger partial charge in [0.25, 0.3) is 0 Å². The molecule has 1 aromatic rings. The summed E-state index contributed by atoms with van der Waals surface area (Å²) in [7, 11) is 0. The predicted octanol–water partition coefficient (Wildman–Crippen LogP) is 0.823. The topological polar surface area (TPSA) is 84.2 Å². The van der Waals surface area contributed by atoms with Crippen molar-refractivity contribution in [2.24, 2.45) is 11.7 Å². The first kappa shape index (κ1) is 16.5. The Morgan fingerprint density at radius 1 is 1.30 bits per heavy atom. The third kappa shape index (κ3) is 5.59. The highest BCUT2D eigenvalue weighted by Crippen LogP contribution is 2.27. The molecule has 2 rings (SSSR count). The van der Waals surface area contributed by atoms with Gasteiger partial charge in [0.2, 0.25) is 11.8 Å². The number of nitrogens with one attached hydrogen (secondary N) is 2. The van der Waals surface area contributed by atoms with Crippen LogP contribution in [0.1, 0.15) is 28.8 Å². The minimum absolute atomic E-state index is 0. The third-order valence-corrected chi connectivity index (χ3v) is 3.12. The standard InChI is InChI=1S/C14H19N3O2.ClH/c15-14(19)12-3-1-2-11(6-12)8-17-13(18)9-16-7-10-4-5-10;/h1-3,6,10,16H,4-5,7-9H2,(H2,15,19)(H,17,18);1H. The molecule has 1 fully saturated rings. The zero-order valence-corrected chi connectivity index (χ0v) is 12.0. The summed E-state index contributed by atoms with van der Waals surface area (Å²) >= 11 is 0. The smallest absolute Gasteiger partial charge is 0.248 e. The maximum atomic E-state index is 11.6. The van der Waals surface area contributed by atoms with E-state index >= 15 is 0 Å². The van der Waals surface area contributed by atoms with Crippen LogP contribution in [0.4, 0.5) is 0 Å². The molecule has 1 aliphatic carbocycles. The van der Waals surface area contributed by atoms with Crippen molar-refractivity contribution in [2.45, 2.75) is 19.4 Å². The zero-order valence-electron chi connectivity index (χ0n) is 11.2. The molecule has 1 saturated carbocycles. The first-order valence-corrected chi connectivity index (χ1v) is 6.51. The van der Waals surface area contributed by atoms with E-state index in [-0.39, 0.29) is 18.3 Å². The van der Waals surface area contributed by atoms with Gasteiger partial charge in [-0.25, -0.2) is 0 Å². The Labute approximate surface area is 124 Å². The van der Waals surface area contributed by atoms with Crippen LogP contribution in [0.2, 0.25) is 0 Å². The van der Waals surface area contributed by atoms with Crippen molar-refractivity contribution in [2.75, 3.05) is 13.1 Å². The monoisotopic (exact) mass is 297 g/mol. The minimum atomic E-state index is -0.459. The number of nitrogens with two attached hydrogens (primary N) is 1. The number of benzene rings is 1. The van der Waals surface area contributed by atoms with Crippen molar-refractivity contribution >= 4 is 24.2 Å². The molecule has 0 saturated heterocycles. The van der Waals surface area contributed by atoms with Crippen LogP contribution < -0.4 is 16.4 Å². The molecule has 5 nitrogen and oxygen atoms in total. The van der Waals surface area contributed by atoms with Crippen molar-refractivity contribution in [1.82, 2.24) is 10.6 Å². The van der Waals surface area contributed by atoms with Gasteiger partial charge in [-0.1, -0.05) is 12.1 Å². The highest BCUT2D eigenvalue weighted by molar-refractivity contribution is 5.92. The van der Waals surface area contributed by atoms with Crippen LogP contribution in [0.5, 0.6) is 0 Å². The lowest BCUT2D eigenvalue weighted by Gasteiger charge is -2.07. The normalized spacial score (nSPS) is 13.4. The molecule has 2 amide bonds. The van der Waals surface area contributed by atoms with E-state index in [4.69, 9.17) is 5.73 Å².